The van der Waals surface area contributed by atoms with Crippen LogP contribution in [0, 0.1) is 11.8 Å². The van der Waals surface area contributed by atoms with Gasteiger partial charge >= 0.3 is 0 Å². The van der Waals surface area contributed by atoms with Crippen LogP contribution >= 0.6 is 12.2 Å². The van der Waals surface area contributed by atoms with Crippen LogP contribution in [0.2, 0.25) is 0 Å². The van der Waals surface area contributed by atoms with E-state index in [-0.39, 0.29) is 29.2 Å². The number of carbonyl (C=O) groups is 2. The van der Waals surface area contributed by atoms with E-state index in [1.165, 1.54) is 11.6 Å². The van der Waals surface area contributed by atoms with E-state index in [1.54, 1.807) is 24.3 Å². The predicted molar refractivity (Wildman–Crippen MR) is 123 cm³/mol. The Kier molecular flexibility index (Phi) is 6.16. The lowest BCUT2D eigenvalue weighted by Crippen LogP contribution is -2.41. The summed E-state index contributed by atoms with van der Waals surface area (Å²) in [5.74, 6) is 4.86. The van der Waals surface area contributed by atoms with Crippen molar-refractivity contribution in [1.29, 1.82) is 0 Å². The van der Waals surface area contributed by atoms with E-state index in [2.05, 4.69) is 25.7 Å². The van der Waals surface area contributed by atoms with Gasteiger partial charge in [0.25, 0.3) is 5.91 Å². The molecule has 8 N–H and O–H groups in total. The van der Waals surface area contributed by atoms with Gasteiger partial charge in [0.1, 0.15) is 22.6 Å². The highest BCUT2D eigenvalue weighted by Gasteiger charge is 2.60. The maximum atomic E-state index is 12.1. The number of carbonyl (C=O) groups excluding carboxylic acids is 2. The van der Waals surface area contributed by atoms with Crippen molar-refractivity contribution >= 4 is 52.6 Å². The molecule has 1 saturated carbocycles. The maximum Gasteiger partial charge on any atom is 0.254 e. The lowest BCUT2D eigenvalue weighted by Gasteiger charge is -2.18. The zero-order valence-corrected chi connectivity index (χ0v) is 17.9. The van der Waals surface area contributed by atoms with Gasteiger partial charge in [-0.25, -0.2) is 4.98 Å². The van der Waals surface area contributed by atoms with Gasteiger partial charge in [0.2, 0.25) is 11.9 Å². The van der Waals surface area contributed by atoms with Gasteiger partial charge in [-0.1, -0.05) is 38.2 Å². The topological polar surface area (TPSA) is 174 Å². The summed E-state index contributed by atoms with van der Waals surface area (Å²) in [4.78, 5) is 32.4. The number of hydrazone groups is 1. The second-order valence-corrected chi connectivity index (χ2v) is 7.91. The molecule has 3 rings (SSSR count). The molecule has 0 saturated heterocycles. The molecule has 2 aromatic rings. The van der Waals surface area contributed by atoms with Crippen molar-refractivity contribution in [3.05, 3.63) is 41.6 Å². The number of primary amides is 2. The second-order valence-electron chi connectivity index (χ2n) is 7.67. The molecule has 0 radical (unpaired) electrons. The first-order chi connectivity index (χ1) is 14.7. The molecule has 2 atom stereocenters. The summed E-state index contributed by atoms with van der Waals surface area (Å²) in [6.45, 7) is 4.05. The van der Waals surface area contributed by atoms with Crippen LogP contribution in [0.15, 0.2) is 35.6 Å². The fraction of sp³-hybridized carbons (Fsp3) is 0.300. The summed E-state index contributed by atoms with van der Waals surface area (Å²) in [6, 6.07) is 7.03. The number of hydrogen-bond donors (Lipinski definition) is 5. The Hall–Kier alpha value is -3.60. The van der Waals surface area contributed by atoms with Gasteiger partial charge in [-0.3, -0.25) is 9.59 Å². The summed E-state index contributed by atoms with van der Waals surface area (Å²) < 4.78 is 0. The minimum atomic E-state index is -0.903. The Morgan fingerprint density at radius 3 is 2.45 bits per heavy atom. The molecule has 31 heavy (non-hydrogen) atoms. The number of nitrogens with two attached hydrogens (primary N) is 3. The molecular weight excluding hydrogens is 416 g/mol. The maximum absolute atomic E-state index is 12.1. The third-order valence-electron chi connectivity index (χ3n) is 5.34. The van der Waals surface area contributed by atoms with Gasteiger partial charge in [0.15, 0.2) is 0 Å². The molecule has 1 aromatic carbocycles. The molecule has 1 aliphatic carbocycles. The van der Waals surface area contributed by atoms with E-state index >= 15 is 0 Å². The largest absolute Gasteiger partial charge is 0.368 e. The van der Waals surface area contributed by atoms with Gasteiger partial charge in [-0.05, 0) is 30.4 Å². The molecule has 1 fully saturated rings. The summed E-state index contributed by atoms with van der Waals surface area (Å²) >= 11 is 4.88. The molecule has 1 heterocycles. The Morgan fingerprint density at radius 2 is 1.97 bits per heavy atom. The van der Waals surface area contributed by atoms with Crippen LogP contribution in [0.1, 0.15) is 36.2 Å². The average Bonchev–Trinajstić information content (AvgIpc) is 3.46. The molecule has 2 amide bonds. The molecule has 162 valence electrons. The van der Waals surface area contributed by atoms with Crippen LogP contribution in [0.25, 0.3) is 0 Å². The molecule has 0 spiro atoms. The first kappa shape index (κ1) is 22.1. The molecule has 2 unspecified atom stereocenters. The van der Waals surface area contributed by atoms with Crippen LogP contribution < -0.4 is 27.9 Å². The monoisotopic (exact) mass is 440 g/mol. The Labute approximate surface area is 184 Å². The highest BCUT2D eigenvalue weighted by Crippen LogP contribution is 2.50. The van der Waals surface area contributed by atoms with Crippen molar-refractivity contribution in [3.8, 4) is 0 Å². The molecule has 1 aliphatic rings. The highest BCUT2D eigenvalue weighted by atomic mass is 32.1. The summed E-state index contributed by atoms with van der Waals surface area (Å²) in [7, 11) is 0. The van der Waals surface area contributed by atoms with Gasteiger partial charge < -0.3 is 27.9 Å². The Morgan fingerprint density at radius 1 is 1.29 bits per heavy atom. The van der Waals surface area contributed by atoms with Crippen LogP contribution in [0.3, 0.4) is 0 Å². The van der Waals surface area contributed by atoms with Crippen molar-refractivity contribution in [1.82, 2.24) is 9.97 Å². The number of thiocarbonyl (C=S) groups is 1. The molecular formula is C20H24N8O2S. The fourth-order valence-corrected chi connectivity index (χ4v) is 3.73. The third kappa shape index (κ3) is 4.45. The van der Waals surface area contributed by atoms with Gasteiger partial charge in [-0.2, -0.15) is 10.1 Å². The van der Waals surface area contributed by atoms with E-state index in [4.69, 9.17) is 29.5 Å². The van der Waals surface area contributed by atoms with Crippen LogP contribution in [0.4, 0.5) is 17.5 Å². The summed E-state index contributed by atoms with van der Waals surface area (Å²) in [6.07, 6.45) is 1.90. The zero-order valence-electron chi connectivity index (χ0n) is 17.1. The molecule has 11 heteroatoms. The zero-order chi connectivity index (χ0) is 22.8. The summed E-state index contributed by atoms with van der Waals surface area (Å²) in [5.41, 5.74) is 12.1. The van der Waals surface area contributed by atoms with Crippen LogP contribution in [-0.4, -0.2) is 38.4 Å². The molecule has 10 nitrogen and oxygen atoms in total. The summed E-state index contributed by atoms with van der Waals surface area (Å²) in [5, 5.41) is 11.1. The molecule has 1 aromatic heterocycles. The number of nitrogens with one attached hydrogen (secondary N) is 2. The van der Waals surface area contributed by atoms with E-state index in [0.717, 1.165) is 5.56 Å². The molecule has 0 bridgehead atoms. The SMILES string of the molecule is CC(C)C1CC1(Nc1ncc(C(N)=O)c(Nc2ccc(C(C=S)=NN)cc2)n1)C(N)=O. The number of rotatable bonds is 9. The highest BCUT2D eigenvalue weighted by molar-refractivity contribution is 7.80. The predicted octanol–water partition coefficient (Wildman–Crippen LogP) is 1.29. The lowest BCUT2D eigenvalue weighted by molar-refractivity contribution is -0.120. The normalized spacial score (nSPS) is 20.2. The van der Waals surface area contributed by atoms with Gasteiger partial charge in [0, 0.05) is 22.8 Å². The first-order valence-corrected chi connectivity index (χ1v) is 10.0. The van der Waals surface area contributed by atoms with Gasteiger partial charge in [-0.15, -0.1) is 0 Å². The average molecular weight is 441 g/mol. The first-order valence-electron chi connectivity index (χ1n) is 9.57. The number of aromatic nitrogens is 2. The number of nitrogens with zero attached hydrogens (tertiary/aromatic N) is 3. The minimum Gasteiger partial charge on any atom is -0.368 e. The van der Waals surface area contributed by atoms with Crippen LogP contribution in [-0.2, 0) is 4.79 Å². The van der Waals surface area contributed by atoms with Crippen molar-refractivity contribution < 1.29 is 9.59 Å². The quantitative estimate of drug-likeness (QED) is 0.168. The van der Waals surface area contributed by atoms with E-state index in [9.17, 15) is 9.59 Å². The second kappa shape index (κ2) is 8.64. The van der Waals surface area contributed by atoms with Crippen LogP contribution in [0.5, 0.6) is 0 Å². The van der Waals surface area contributed by atoms with E-state index in [1.807, 2.05) is 13.8 Å². The van der Waals surface area contributed by atoms with Gasteiger partial charge in [0.05, 0.1) is 0 Å². The Balaban J connectivity index is 1.88. The smallest absolute Gasteiger partial charge is 0.254 e. The standard InChI is InChI=1S/C20H24N8O2S/c1-10(2)14-7-20(14,18(22)30)27-19-24-8-13(16(21)29)17(26-19)25-12-5-3-11(4-6-12)15(9-31)28-23/h3-6,8-10,14H,7,23H2,1-2H3,(H2,21,29)(H2,22,30)(H2,24,25,26,27). The van der Waals surface area contributed by atoms with E-state index < -0.39 is 17.4 Å². The third-order valence-corrected chi connectivity index (χ3v) is 5.57. The van der Waals surface area contributed by atoms with Crippen molar-refractivity contribution in [2.24, 2.45) is 34.2 Å². The minimum absolute atomic E-state index is 0.0768. The van der Waals surface area contributed by atoms with Crippen molar-refractivity contribution in [3.63, 3.8) is 0 Å². The molecule has 0 aliphatic heterocycles. The number of benzene rings is 1. The fourth-order valence-electron chi connectivity index (χ4n) is 3.53. The lowest BCUT2D eigenvalue weighted by atomic mass is 10.0. The number of amides is 2. The Bertz CT molecular complexity index is 1050. The number of anilines is 3. The van der Waals surface area contributed by atoms with Crippen molar-refractivity contribution in [2.75, 3.05) is 10.6 Å². The number of hydrogen-bond acceptors (Lipinski definition) is 9. The van der Waals surface area contributed by atoms with E-state index in [0.29, 0.717) is 17.8 Å². The van der Waals surface area contributed by atoms with Crippen molar-refractivity contribution in [2.45, 2.75) is 25.8 Å².